The number of anilines is 2. The summed E-state index contributed by atoms with van der Waals surface area (Å²) in [6.45, 7) is 2.48. The van der Waals surface area contributed by atoms with Gasteiger partial charge in [-0.05, 0) is 25.1 Å². The highest BCUT2D eigenvalue weighted by molar-refractivity contribution is 7.09. The van der Waals surface area contributed by atoms with E-state index in [0.29, 0.717) is 23.4 Å². The van der Waals surface area contributed by atoms with Crippen LogP contribution in [0.2, 0.25) is 0 Å². The molecule has 4 nitrogen and oxygen atoms in total. The second kappa shape index (κ2) is 5.29. The molecule has 108 valence electrons. The average Bonchev–Trinajstić information content (AvgIpc) is 2.84. The summed E-state index contributed by atoms with van der Waals surface area (Å²) in [7, 11) is 1.83. The van der Waals surface area contributed by atoms with Gasteiger partial charge in [-0.1, -0.05) is 0 Å². The SMILES string of the molecule is Cc1nc(CN(C)c2c(F)cc(N)c3cccnc23)cs1. The number of thiazole rings is 1. The number of nitrogens with two attached hydrogens (primary N) is 1. The van der Waals surface area contributed by atoms with Crippen LogP contribution in [0.25, 0.3) is 10.9 Å². The molecule has 0 aliphatic heterocycles. The highest BCUT2D eigenvalue weighted by atomic mass is 32.1. The van der Waals surface area contributed by atoms with Crippen molar-refractivity contribution in [3.8, 4) is 0 Å². The lowest BCUT2D eigenvalue weighted by atomic mass is 10.1. The monoisotopic (exact) mass is 302 g/mol. The molecule has 0 atom stereocenters. The van der Waals surface area contributed by atoms with E-state index < -0.39 is 0 Å². The molecule has 0 fully saturated rings. The van der Waals surface area contributed by atoms with E-state index in [2.05, 4.69) is 9.97 Å². The highest BCUT2D eigenvalue weighted by Crippen LogP contribution is 2.32. The Kier molecular flexibility index (Phi) is 3.47. The van der Waals surface area contributed by atoms with E-state index in [1.165, 1.54) is 6.07 Å². The van der Waals surface area contributed by atoms with E-state index in [9.17, 15) is 4.39 Å². The van der Waals surface area contributed by atoms with Gasteiger partial charge in [0.2, 0.25) is 0 Å². The van der Waals surface area contributed by atoms with Crippen LogP contribution in [0.4, 0.5) is 15.8 Å². The first-order valence-electron chi connectivity index (χ1n) is 6.51. The summed E-state index contributed by atoms with van der Waals surface area (Å²) in [4.78, 5) is 10.5. The molecule has 0 saturated heterocycles. The first-order valence-corrected chi connectivity index (χ1v) is 7.39. The zero-order valence-electron chi connectivity index (χ0n) is 11.8. The van der Waals surface area contributed by atoms with E-state index in [-0.39, 0.29) is 5.82 Å². The Labute approximate surface area is 126 Å². The van der Waals surface area contributed by atoms with Crippen molar-refractivity contribution >= 4 is 33.6 Å². The maximum absolute atomic E-state index is 14.4. The Morgan fingerprint density at radius 1 is 1.43 bits per heavy atom. The molecular weight excluding hydrogens is 287 g/mol. The summed E-state index contributed by atoms with van der Waals surface area (Å²) in [5.41, 5.74) is 8.21. The number of fused-ring (bicyclic) bond motifs is 1. The van der Waals surface area contributed by atoms with E-state index in [1.807, 2.05) is 30.3 Å². The number of halogens is 1. The zero-order valence-corrected chi connectivity index (χ0v) is 12.6. The molecule has 2 heterocycles. The van der Waals surface area contributed by atoms with Crippen LogP contribution in [0.3, 0.4) is 0 Å². The molecule has 6 heteroatoms. The van der Waals surface area contributed by atoms with Crippen molar-refractivity contribution in [1.29, 1.82) is 0 Å². The molecule has 2 N–H and O–H groups in total. The van der Waals surface area contributed by atoms with Gasteiger partial charge in [-0.2, -0.15) is 0 Å². The van der Waals surface area contributed by atoms with E-state index in [1.54, 1.807) is 23.6 Å². The van der Waals surface area contributed by atoms with Crippen LogP contribution in [0.15, 0.2) is 29.8 Å². The molecule has 3 aromatic rings. The van der Waals surface area contributed by atoms with Crippen LogP contribution in [0.5, 0.6) is 0 Å². The lowest BCUT2D eigenvalue weighted by Crippen LogP contribution is -2.19. The first-order chi connectivity index (χ1) is 10.1. The van der Waals surface area contributed by atoms with Gasteiger partial charge in [-0.3, -0.25) is 4.98 Å². The molecule has 0 unspecified atom stereocenters. The maximum atomic E-state index is 14.4. The Morgan fingerprint density at radius 3 is 2.95 bits per heavy atom. The minimum absolute atomic E-state index is 0.367. The van der Waals surface area contributed by atoms with Crippen LogP contribution < -0.4 is 10.6 Å². The van der Waals surface area contributed by atoms with Crippen molar-refractivity contribution in [3.05, 3.63) is 46.3 Å². The molecule has 0 saturated carbocycles. The fourth-order valence-electron chi connectivity index (χ4n) is 2.39. The zero-order chi connectivity index (χ0) is 15.0. The van der Waals surface area contributed by atoms with Crippen molar-refractivity contribution in [2.24, 2.45) is 0 Å². The summed E-state index contributed by atoms with van der Waals surface area (Å²) in [6.07, 6.45) is 1.64. The molecule has 1 aromatic carbocycles. The molecular formula is C15H15FN4S. The van der Waals surface area contributed by atoms with Crippen molar-refractivity contribution < 1.29 is 4.39 Å². The van der Waals surface area contributed by atoms with Gasteiger partial charge < -0.3 is 10.6 Å². The second-order valence-electron chi connectivity index (χ2n) is 4.91. The smallest absolute Gasteiger partial charge is 0.150 e. The van der Waals surface area contributed by atoms with Gasteiger partial charge >= 0.3 is 0 Å². The third-order valence-electron chi connectivity index (χ3n) is 3.30. The summed E-state index contributed by atoms with van der Waals surface area (Å²) >= 11 is 1.58. The number of nitrogen functional groups attached to an aromatic ring is 1. The summed E-state index contributed by atoms with van der Waals surface area (Å²) in [5, 5.41) is 3.74. The lowest BCUT2D eigenvalue weighted by Gasteiger charge is -2.21. The van der Waals surface area contributed by atoms with Gasteiger partial charge in [0.05, 0.1) is 28.5 Å². The number of aromatic nitrogens is 2. The number of pyridine rings is 1. The highest BCUT2D eigenvalue weighted by Gasteiger charge is 2.16. The molecule has 21 heavy (non-hydrogen) atoms. The second-order valence-corrected chi connectivity index (χ2v) is 5.97. The van der Waals surface area contributed by atoms with Gasteiger partial charge in [0, 0.05) is 29.7 Å². The Morgan fingerprint density at radius 2 is 2.24 bits per heavy atom. The minimum atomic E-state index is -0.367. The standard InChI is InChI=1S/C15H15FN4S/c1-9-19-10(8-21-9)7-20(2)15-12(16)6-13(17)11-4-3-5-18-14(11)15/h3-6,8H,7,17H2,1-2H3. The molecule has 0 aliphatic rings. The van der Waals surface area contributed by atoms with Crippen molar-refractivity contribution in [2.75, 3.05) is 17.7 Å². The molecule has 0 spiro atoms. The predicted octanol–water partition coefficient (Wildman–Crippen LogP) is 3.36. The van der Waals surface area contributed by atoms with Crippen LogP contribution in [-0.4, -0.2) is 17.0 Å². The fraction of sp³-hybridized carbons (Fsp3) is 0.200. The van der Waals surface area contributed by atoms with E-state index >= 15 is 0 Å². The lowest BCUT2D eigenvalue weighted by molar-refractivity contribution is 0.624. The summed E-state index contributed by atoms with van der Waals surface area (Å²) in [5.74, 6) is -0.367. The van der Waals surface area contributed by atoms with Crippen molar-refractivity contribution in [3.63, 3.8) is 0 Å². The van der Waals surface area contributed by atoms with Crippen LogP contribution >= 0.6 is 11.3 Å². The number of hydrogen-bond donors (Lipinski definition) is 1. The third-order valence-corrected chi connectivity index (χ3v) is 4.12. The normalized spacial score (nSPS) is 11.0. The van der Waals surface area contributed by atoms with Gasteiger partial charge in [-0.15, -0.1) is 11.3 Å². The summed E-state index contributed by atoms with van der Waals surface area (Å²) < 4.78 is 14.4. The Bertz CT molecular complexity index is 799. The average molecular weight is 302 g/mol. The molecule has 2 aromatic heterocycles. The Hall–Kier alpha value is -2.21. The molecule has 0 amide bonds. The van der Waals surface area contributed by atoms with Crippen molar-refractivity contribution in [2.45, 2.75) is 13.5 Å². The molecule has 0 radical (unpaired) electrons. The van der Waals surface area contributed by atoms with Gasteiger partial charge in [-0.25, -0.2) is 9.37 Å². The predicted molar refractivity (Wildman–Crippen MR) is 85.1 cm³/mol. The van der Waals surface area contributed by atoms with Gasteiger partial charge in [0.1, 0.15) is 0 Å². The topological polar surface area (TPSA) is 55.0 Å². The quantitative estimate of drug-likeness (QED) is 0.754. The molecule has 0 aliphatic carbocycles. The van der Waals surface area contributed by atoms with Crippen LogP contribution in [-0.2, 0) is 6.54 Å². The number of rotatable bonds is 3. The van der Waals surface area contributed by atoms with E-state index in [4.69, 9.17) is 5.73 Å². The first kappa shape index (κ1) is 13.8. The van der Waals surface area contributed by atoms with Gasteiger partial charge in [0.25, 0.3) is 0 Å². The largest absolute Gasteiger partial charge is 0.398 e. The van der Waals surface area contributed by atoms with Crippen molar-refractivity contribution in [1.82, 2.24) is 9.97 Å². The maximum Gasteiger partial charge on any atom is 0.150 e. The minimum Gasteiger partial charge on any atom is -0.398 e. The third kappa shape index (κ3) is 2.54. The number of benzene rings is 1. The number of nitrogens with zero attached hydrogens (tertiary/aromatic N) is 3. The van der Waals surface area contributed by atoms with E-state index in [0.717, 1.165) is 16.1 Å². The van der Waals surface area contributed by atoms with Gasteiger partial charge in [0.15, 0.2) is 5.82 Å². The Balaban J connectivity index is 2.06. The van der Waals surface area contributed by atoms with Crippen LogP contribution in [0, 0.1) is 12.7 Å². The van der Waals surface area contributed by atoms with Crippen LogP contribution in [0.1, 0.15) is 10.7 Å². The fourth-order valence-corrected chi connectivity index (χ4v) is 2.99. The summed E-state index contributed by atoms with van der Waals surface area (Å²) in [6, 6.07) is 4.99. The number of aryl methyl sites for hydroxylation is 1. The molecule has 3 rings (SSSR count). The number of hydrogen-bond acceptors (Lipinski definition) is 5. The molecule has 0 bridgehead atoms.